The number of ether oxygens (including phenoxy) is 3. The number of carbonyl (C=O) groups excluding carboxylic acids is 2. The highest BCUT2D eigenvalue weighted by Gasteiger charge is 2.41. The number of rotatable bonds is 8. The van der Waals surface area contributed by atoms with E-state index in [0.717, 1.165) is 19.6 Å². The number of allylic oxidation sites excluding steroid dienone is 2. The SMILES string of the molecule is CCOC(=O)C1=C(C)N(CCN2CCOCC2)C(C)=C(C(=O)OCC)C1c1ccc[n+]([O-])c1. The van der Waals surface area contributed by atoms with Crippen LogP contribution in [0.25, 0.3) is 0 Å². The standard InChI is InChI=1S/C24H33N3O6/c1-5-32-23(28)20-17(3)27(11-10-25-12-14-31-15-13-25)18(4)21(24(29)33-6-2)22(20)19-8-7-9-26(30)16-19/h7-9,16,22H,5-6,10-15H2,1-4H3. The van der Waals surface area contributed by atoms with Gasteiger partial charge in [0.25, 0.3) is 0 Å². The fourth-order valence-corrected chi connectivity index (χ4v) is 4.43. The summed E-state index contributed by atoms with van der Waals surface area (Å²) < 4.78 is 16.9. The lowest BCUT2D eigenvalue weighted by Gasteiger charge is -2.39. The van der Waals surface area contributed by atoms with Crippen molar-refractivity contribution < 1.29 is 28.5 Å². The van der Waals surface area contributed by atoms with Crippen molar-refractivity contribution in [2.45, 2.75) is 33.6 Å². The van der Waals surface area contributed by atoms with Gasteiger partial charge in [-0.15, -0.1) is 0 Å². The van der Waals surface area contributed by atoms with Crippen molar-refractivity contribution in [2.24, 2.45) is 0 Å². The number of hydrogen-bond donors (Lipinski definition) is 0. The molecule has 0 N–H and O–H groups in total. The molecule has 180 valence electrons. The van der Waals surface area contributed by atoms with Crippen LogP contribution in [0.1, 0.15) is 39.2 Å². The number of hydrogen-bond acceptors (Lipinski definition) is 8. The summed E-state index contributed by atoms with van der Waals surface area (Å²) in [6.07, 6.45) is 2.75. The lowest BCUT2D eigenvalue weighted by molar-refractivity contribution is -0.605. The molecule has 3 rings (SSSR count). The van der Waals surface area contributed by atoms with Crippen molar-refractivity contribution in [3.8, 4) is 0 Å². The van der Waals surface area contributed by atoms with Gasteiger partial charge in [0.15, 0.2) is 12.4 Å². The van der Waals surface area contributed by atoms with Gasteiger partial charge in [-0.2, -0.15) is 4.73 Å². The van der Waals surface area contributed by atoms with Crippen molar-refractivity contribution >= 4 is 11.9 Å². The third-order valence-corrected chi connectivity index (χ3v) is 6.03. The molecule has 2 aliphatic rings. The van der Waals surface area contributed by atoms with Crippen LogP contribution >= 0.6 is 0 Å². The molecule has 0 unspecified atom stereocenters. The van der Waals surface area contributed by atoms with Gasteiger partial charge in [-0.05, 0) is 33.8 Å². The summed E-state index contributed by atoms with van der Waals surface area (Å²) in [5.41, 5.74) is 2.64. The lowest BCUT2D eigenvalue weighted by Crippen LogP contribution is -2.43. The summed E-state index contributed by atoms with van der Waals surface area (Å²) >= 11 is 0. The fraction of sp³-hybridized carbons (Fsp3) is 0.542. The molecule has 1 aromatic rings. The average Bonchev–Trinajstić information content (AvgIpc) is 2.79. The number of carbonyl (C=O) groups is 2. The fourth-order valence-electron chi connectivity index (χ4n) is 4.43. The van der Waals surface area contributed by atoms with E-state index in [9.17, 15) is 14.8 Å². The maximum absolute atomic E-state index is 13.2. The van der Waals surface area contributed by atoms with E-state index in [1.54, 1.807) is 26.0 Å². The van der Waals surface area contributed by atoms with Crippen LogP contribution in [-0.2, 0) is 23.8 Å². The minimum atomic E-state index is -0.760. The van der Waals surface area contributed by atoms with Gasteiger partial charge in [0.1, 0.15) is 0 Å². The molecule has 9 heteroatoms. The highest BCUT2D eigenvalue weighted by Crippen LogP contribution is 2.42. The Hall–Kier alpha value is -2.91. The molecule has 33 heavy (non-hydrogen) atoms. The first-order valence-electron chi connectivity index (χ1n) is 11.4. The second-order valence-electron chi connectivity index (χ2n) is 7.97. The predicted molar refractivity (Wildman–Crippen MR) is 121 cm³/mol. The van der Waals surface area contributed by atoms with E-state index in [4.69, 9.17) is 14.2 Å². The normalized spacial score (nSPS) is 18.0. The summed E-state index contributed by atoms with van der Waals surface area (Å²) in [6, 6.07) is 3.34. The maximum Gasteiger partial charge on any atom is 0.336 e. The quantitative estimate of drug-likeness (QED) is 0.330. The van der Waals surface area contributed by atoms with Crippen molar-refractivity contribution in [3.05, 3.63) is 57.8 Å². The van der Waals surface area contributed by atoms with Crippen molar-refractivity contribution in [3.63, 3.8) is 0 Å². The molecule has 1 aromatic heterocycles. The Kier molecular flexibility index (Phi) is 8.46. The van der Waals surface area contributed by atoms with Gasteiger partial charge in [-0.1, -0.05) is 0 Å². The summed E-state index contributed by atoms with van der Waals surface area (Å²) in [4.78, 5) is 30.6. The second-order valence-corrected chi connectivity index (χ2v) is 7.97. The summed E-state index contributed by atoms with van der Waals surface area (Å²) in [5.74, 6) is -1.77. The van der Waals surface area contributed by atoms with E-state index in [1.807, 2.05) is 18.7 Å². The Morgan fingerprint density at radius 1 is 1.06 bits per heavy atom. The van der Waals surface area contributed by atoms with Gasteiger partial charge in [0, 0.05) is 49.2 Å². The Bertz CT molecular complexity index is 894. The topological polar surface area (TPSA) is 95.2 Å². The number of esters is 2. The largest absolute Gasteiger partial charge is 0.619 e. The first-order valence-corrected chi connectivity index (χ1v) is 11.4. The summed E-state index contributed by atoms with van der Waals surface area (Å²) in [7, 11) is 0. The molecule has 0 amide bonds. The molecule has 0 atom stereocenters. The van der Waals surface area contributed by atoms with E-state index in [2.05, 4.69) is 4.90 Å². The average molecular weight is 460 g/mol. The minimum Gasteiger partial charge on any atom is -0.619 e. The van der Waals surface area contributed by atoms with Gasteiger partial charge in [-0.25, -0.2) is 9.59 Å². The van der Waals surface area contributed by atoms with Crippen LogP contribution < -0.4 is 4.73 Å². The monoisotopic (exact) mass is 459 g/mol. The molecule has 0 bridgehead atoms. The number of morpholine rings is 1. The van der Waals surface area contributed by atoms with E-state index in [-0.39, 0.29) is 13.2 Å². The Balaban J connectivity index is 2.09. The maximum atomic E-state index is 13.2. The Labute approximate surface area is 194 Å². The third kappa shape index (κ3) is 5.54. The molecular weight excluding hydrogens is 426 g/mol. The van der Waals surface area contributed by atoms with Gasteiger partial charge in [-0.3, -0.25) is 4.90 Å². The summed E-state index contributed by atoms with van der Waals surface area (Å²) in [6.45, 7) is 12.0. The molecule has 1 fully saturated rings. The zero-order valence-electron chi connectivity index (χ0n) is 19.8. The lowest BCUT2D eigenvalue weighted by atomic mass is 9.80. The second kappa shape index (κ2) is 11.3. The van der Waals surface area contributed by atoms with Crippen LogP contribution in [-0.4, -0.2) is 74.3 Å². The van der Waals surface area contributed by atoms with Gasteiger partial charge < -0.3 is 24.3 Å². The molecule has 3 heterocycles. The van der Waals surface area contributed by atoms with Crippen LogP contribution in [0.3, 0.4) is 0 Å². The third-order valence-electron chi connectivity index (χ3n) is 6.03. The van der Waals surface area contributed by atoms with Crippen LogP contribution in [0.15, 0.2) is 47.1 Å². The first kappa shape index (κ1) is 24.7. The van der Waals surface area contributed by atoms with Crippen molar-refractivity contribution in [1.82, 2.24) is 9.80 Å². The molecule has 0 aromatic carbocycles. The molecule has 9 nitrogen and oxygen atoms in total. The minimum absolute atomic E-state index is 0.198. The van der Waals surface area contributed by atoms with Crippen LogP contribution in [0, 0.1) is 5.21 Å². The molecule has 2 aliphatic heterocycles. The summed E-state index contributed by atoms with van der Waals surface area (Å²) in [5, 5.41) is 12.1. The first-order chi connectivity index (χ1) is 15.9. The molecule has 0 radical (unpaired) electrons. The highest BCUT2D eigenvalue weighted by atomic mass is 16.5. The van der Waals surface area contributed by atoms with E-state index in [1.165, 1.54) is 12.4 Å². The van der Waals surface area contributed by atoms with Gasteiger partial charge in [0.2, 0.25) is 0 Å². The molecular formula is C24H33N3O6. The molecule has 0 saturated carbocycles. The van der Waals surface area contributed by atoms with Crippen molar-refractivity contribution in [2.75, 3.05) is 52.6 Å². The predicted octanol–water partition coefficient (Wildman–Crippen LogP) is 1.73. The van der Waals surface area contributed by atoms with E-state index < -0.39 is 17.9 Å². The van der Waals surface area contributed by atoms with Crippen LogP contribution in [0.4, 0.5) is 0 Å². The Morgan fingerprint density at radius 3 is 2.15 bits per heavy atom. The Morgan fingerprint density at radius 2 is 1.64 bits per heavy atom. The van der Waals surface area contributed by atoms with E-state index in [0.29, 0.717) is 52.6 Å². The smallest absolute Gasteiger partial charge is 0.336 e. The zero-order valence-corrected chi connectivity index (χ0v) is 19.8. The zero-order chi connectivity index (χ0) is 24.0. The van der Waals surface area contributed by atoms with Crippen LogP contribution in [0.2, 0.25) is 0 Å². The molecule has 1 saturated heterocycles. The highest BCUT2D eigenvalue weighted by molar-refractivity contribution is 5.99. The van der Waals surface area contributed by atoms with E-state index >= 15 is 0 Å². The molecule has 0 aliphatic carbocycles. The van der Waals surface area contributed by atoms with Crippen molar-refractivity contribution in [1.29, 1.82) is 0 Å². The molecule has 0 spiro atoms. The number of nitrogens with zero attached hydrogens (tertiary/aromatic N) is 3. The van der Waals surface area contributed by atoms with Gasteiger partial charge >= 0.3 is 11.9 Å². The number of pyridine rings is 1. The number of aromatic nitrogens is 1. The van der Waals surface area contributed by atoms with Crippen LogP contribution in [0.5, 0.6) is 0 Å². The van der Waals surface area contributed by atoms with Gasteiger partial charge in [0.05, 0.1) is 43.5 Å².